The van der Waals surface area contributed by atoms with Gasteiger partial charge in [-0.1, -0.05) is 6.07 Å². The van der Waals surface area contributed by atoms with Crippen LogP contribution in [-0.4, -0.2) is 33.6 Å². The molecule has 6 nitrogen and oxygen atoms in total. The first-order chi connectivity index (χ1) is 9.45. The van der Waals surface area contributed by atoms with Crippen LogP contribution in [0.4, 0.5) is 10.5 Å². The molecule has 3 N–H and O–H groups in total. The van der Waals surface area contributed by atoms with Crippen LogP contribution in [0.5, 0.6) is 0 Å². The van der Waals surface area contributed by atoms with Gasteiger partial charge in [0.2, 0.25) is 0 Å². The molecular formula is C13H16N2O4S. The third kappa shape index (κ3) is 3.57. The van der Waals surface area contributed by atoms with Gasteiger partial charge in [0, 0.05) is 33.7 Å². The van der Waals surface area contributed by atoms with Gasteiger partial charge in [-0.3, -0.25) is 9.00 Å². The first kappa shape index (κ1) is 14.5. The van der Waals surface area contributed by atoms with Crippen LogP contribution in [0.25, 0.3) is 0 Å². The van der Waals surface area contributed by atoms with E-state index in [9.17, 15) is 13.8 Å². The lowest BCUT2D eigenvalue weighted by atomic mass is 9.80. The monoisotopic (exact) mass is 296 g/mol. The molecule has 1 aromatic carbocycles. The number of benzene rings is 1. The van der Waals surface area contributed by atoms with E-state index in [4.69, 9.17) is 5.11 Å². The van der Waals surface area contributed by atoms with Crippen LogP contribution in [0, 0.1) is 5.92 Å². The van der Waals surface area contributed by atoms with Crippen molar-refractivity contribution in [1.29, 1.82) is 0 Å². The second kappa shape index (κ2) is 6.04. The third-order valence-corrected chi connectivity index (χ3v) is 4.16. The lowest BCUT2D eigenvalue weighted by Crippen LogP contribution is -2.48. The van der Waals surface area contributed by atoms with Gasteiger partial charge in [0.05, 0.1) is 5.92 Å². The molecule has 2 rings (SSSR count). The first-order valence-electron chi connectivity index (χ1n) is 6.19. The van der Waals surface area contributed by atoms with E-state index in [0.29, 0.717) is 23.4 Å². The maximum atomic E-state index is 11.7. The van der Waals surface area contributed by atoms with Crippen molar-refractivity contribution < 1.29 is 18.9 Å². The molecule has 20 heavy (non-hydrogen) atoms. The summed E-state index contributed by atoms with van der Waals surface area (Å²) in [7, 11) is -1.10. The fourth-order valence-electron chi connectivity index (χ4n) is 2.04. The van der Waals surface area contributed by atoms with E-state index in [2.05, 4.69) is 10.6 Å². The van der Waals surface area contributed by atoms with Gasteiger partial charge < -0.3 is 15.7 Å². The van der Waals surface area contributed by atoms with E-state index < -0.39 is 16.8 Å². The molecule has 0 saturated heterocycles. The van der Waals surface area contributed by atoms with Crippen molar-refractivity contribution in [3.63, 3.8) is 0 Å². The molecule has 1 saturated carbocycles. The Kier molecular flexibility index (Phi) is 4.39. The zero-order valence-electron chi connectivity index (χ0n) is 11.0. The number of carboxylic acids is 1. The molecule has 1 unspecified atom stereocenters. The van der Waals surface area contributed by atoms with Gasteiger partial charge in [-0.2, -0.15) is 0 Å². The Hall–Kier alpha value is -1.89. The van der Waals surface area contributed by atoms with Crippen molar-refractivity contribution >= 4 is 28.5 Å². The van der Waals surface area contributed by atoms with Crippen LogP contribution in [0.15, 0.2) is 29.2 Å². The first-order valence-corrected chi connectivity index (χ1v) is 7.75. The number of rotatable bonds is 4. The Morgan fingerprint density at radius 1 is 1.35 bits per heavy atom. The van der Waals surface area contributed by atoms with Gasteiger partial charge in [0.15, 0.2) is 0 Å². The van der Waals surface area contributed by atoms with Crippen LogP contribution in [0.3, 0.4) is 0 Å². The van der Waals surface area contributed by atoms with E-state index in [-0.39, 0.29) is 18.0 Å². The van der Waals surface area contributed by atoms with Gasteiger partial charge in [-0.05, 0) is 31.0 Å². The fraction of sp³-hybridized carbons (Fsp3) is 0.385. The number of carbonyl (C=O) groups is 2. The average molecular weight is 296 g/mol. The van der Waals surface area contributed by atoms with Gasteiger partial charge in [0.1, 0.15) is 0 Å². The Labute approximate surface area is 119 Å². The summed E-state index contributed by atoms with van der Waals surface area (Å²) in [5.41, 5.74) is 0.560. The molecule has 1 aliphatic rings. The minimum Gasteiger partial charge on any atom is -0.481 e. The van der Waals surface area contributed by atoms with Crippen LogP contribution in [0.2, 0.25) is 0 Å². The molecule has 0 aromatic heterocycles. The Morgan fingerprint density at radius 2 is 2.05 bits per heavy atom. The molecule has 108 valence electrons. The molecule has 1 fully saturated rings. The van der Waals surface area contributed by atoms with Crippen molar-refractivity contribution in [2.75, 3.05) is 11.6 Å². The summed E-state index contributed by atoms with van der Waals surface area (Å²) < 4.78 is 11.3. The fourth-order valence-corrected chi connectivity index (χ4v) is 2.61. The quantitative estimate of drug-likeness (QED) is 0.782. The van der Waals surface area contributed by atoms with Gasteiger partial charge in [-0.15, -0.1) is 0 Å². The van der Waals surface area contributed by atoms with Crippen molar-refractivity contribution in [3.05, 3.63) is 24.3 Å². The zero-order valence-corrected chi connectivity index (χ0v) is 11.8. The summed E-state index contributed by atoms with van der Waals surface area (Å²) in [5.74, 6) is -1.17. The molecule has 1 aliphatic carbocycles. The van der Waals surface area contributed by atoms with Crippen molar-refractivity contribution in [3.8, 4) is 0 Å². The number of amides is 2. The number of carboxylic acid groups (broad SMARTS) is 1. The lowest BCUT2D eigenvalue weighted by Gasteiger charge is -2.32. The molecule has 0 radical (unpaired) electrons. The summed E-state index contributed by atoms with van der Waals surface area (Å²) in [5, 5.41) is 14.1. The molecular weight excluding hydrogens is 280 g/mol. The van der Waals surface area contributed by atoms with Crippen LogP contribution in [0.1, 0.15) is 12.8 Å². The molecule has 2 amide bonds. The number of anilines is 1. The van der Waals surface area contributed by atoms with Crippen molar-refractivity contribution in [1.82, 2.24) is 5.32 Å². The van der Waals surface area contributed by atoms with Gasteiger partial charge in [-0.25, -0.2) is 4.79 Å². The van der Waals surface area contributed by atoms with Crippen molar-refractivity contribution in [2.45, 2.75) is 23.8 Å². The normalized spacial score (nSPS) is 22.4. The second-order valence-electron chi connectivity index (χ2n) is 4.78. The number of urea groups is 1. The van der Waals surface area contributed by atoms with E-state index >= 15 is 0 Å². The Bertz CT molecular complexity index is 555. The number of nitrogens with one attached hydrogen (secondary N) is 2. The predicted molar refractivity (Wildman–Crippen MR) is 75.1 cm³/mol. The average Bonchev–Trinajstić information content (AvgIpc) is 2.33. The van der Waals surface area contributed by atoms with Crippen LogP contribution < -0.4 is 10.6 Å². The van der Waals surface area contributed by atoms with Gasteiger partial charge >= 0.3 is 12.0 Å². The van der Waals surface area contributed by atoms with E-state index in [0.717, 1.165) is 0 Å². The minimum atomic E-state index is -1.10. The van der Waals surface area contributed by atoms with E-state index in [1.54, 1.807) is 30.5 Å². The smallest absolute Gasteiger partial charge is 0.319 e. The molecule has 0 aliphatic heterocycles. The Balaban J connectivity index is 1.85. The SMILES string of the molecule is CS(=O)c1cccc(NC(=O)NC2CC(C(=O)O)C2)c1. The molecule has 1 aromatic rings. The van der Waals surface area contributed by atoms with E-state index in [1.807, 2.05) is 0 Å². The molecule has 0 bridgehead atoms. The molecule has 1 atom stereocenters. The van der Waals surface area contributed by atoms with Gasteiger partial charge in [0.25, 0.3) is 0 Å². The summed E-state index contributed by atoms with van der Waals surface area (Å²) in [6.07, 6.45) is 2.49. The maximum Gasteiger partial charge on any atom is 0.319 e. The largest absolute Gasteiger partial charge is 0.481 e. The van der Waals surface area contributed by atoms with E-state index in [1.165, 1.54) is 0 Å². The molecule has 7 heteroatoms. The topological polar surface area (TPSA) is 95.5 Å². The highest BCUT2D eigenvalue weighted by molar-refractivity contribution is 7.84. The van der Waals surface area contributed by atoms with Crippen LogP contribution in [-0.2, 0) is 15.6 Å². The number of hydrogen-bond acceptors (Lipinski definition) is 3. The standard InChI is InChI=1S/C13H16N2O4S/c1-20(19)11-4-2-3-9(7-11)14-13(18)15-10-5-8(6-10)12(16)17/h2-4,7-8,10H,5-6H2,1H3,(H,16,17)(H2,14,15,18). The van der Waals surface area contributed by atoms with Crippen LogP contribution >= 0.6 is 0 Å². The number of aliphatic carboxylic acids is 1. The second-order valence-corrected chi connectivity index (χ2v) is 6.16. The highest BCUT2D eigenvalue weighted by Gasteiger charge is 2.35. The highest BCUT2D eigenvalue weighted by atomic mass is 32.2. The summed E-state index contributed by atoms with van der Waals surface area (Å²) in [6.45, 7) is 0. The van der Waals surface area contributed by atoms with Crippen molar-refractivity contribution in [2.24, 2.45) is 5.92 Å². The predicted octanol–water partition coefficient (Wildman–Crippen LogP) is 1.41. The maximum absolute atomic E-state index is 11.7. The third-order valence-electron chi connectivity index (χ3n) is 3.25. The highest BCUT2D eigenvalue weighted by Crippen LogP contribution is 2.27. The minimum absolute atomic E-state index is 0.0976. The number of hydrogen-bond donors (Lipinski definition) is 3. The lowest BCUT2D eigenvalue weighted by molar-refractivity contribution is -0.145. The Morgan fingerprint density at radius 3 is 2.65 bits per heavy atom. The zero-order chi connectivity index (χ0) is 14.7. The summed E-state index contributed by atoms with van der Waals surface area (Å²) >= 11 is 0. The number of carbonyl (C=O) groups excluding carboxylic acids is 1. The summed E-state index contributed by atoms with van der Waals surface area (Å²) in [6, 6.07) is 6.32. The summed E-state index contributed by atoms with van der Waals surface area (Å²) in [4.78, 5) is 23.0. The molecule has 0 spiro atoms. The molecule has 0 heterocycles.